The third-order valence-corrected chi connectivity index (χ3v) is 3.19. The lowest BCUT2D eigenvalue weighted by Crippen LogP contribution is -2.11. The van der Waals surface area contributed by atoms with Gasteiger partial charge < -0.3 is 10.1 Å². The number of hydrogen-bond donors (Lipinski definition) is 1. The van der Waals surface area contributed by atoms with E-state index in [1.165, 1.54) is 0 Å². The molecule has 0 saturated carbocycles. The summed E-state index contributed by atoms with van der Waals surface area (Å²) in [7, 11) is 1.79. The Hall–Kier alpha value is -3.15. The first-order chi connectivity index (χ1) is 11.2. The summed E-state index contributed by atoms with van der Waals surface area (Å²) in [4.78, 5) is 16.3. The molecule has 116 valence electrons. The number of ether oxygens (including phenoxy) is 1. The molecule has 0 fully saturated rings. The van der Waals surface area contributed by atoms with E-state index in [9.17, 15) is 4.79 Å². The number of hydrogen-bond acceptors (Lipinski definition) is 4. The molecular formula is C17H16N4O2. The van der Waals surface area contributed by atoms with Gasteiger partial charge >= 0.3 is 0 Å². The Morgan fingerprint density at radius 1 is 1.26 bits per heavy atom. The first-order valence-corrected chi connectivity index (χ1v) is 7.12. The highest BCUT2D eigenvalue weighted by Crippen LogP contribution is 2.16. The predicted octanol–water partition coefficient (Wildman–Crippen LogP) is 2.65. The SMILES string of the molecule is Cn1cc(NC(=O)c2cccc(OCc3cccnc3)c2)cn1. The number of anilines is 1. The van der Waals surface area contributed by atoms with Crippen LogP contribution in [-0.2, 0) is 13.7 Å². The Kier molecular flexibility index (Phi) is 4.33. The van der Waals surface area contributed by atoms with E-state index in [1.54, 1.807) is 54.7 Å². The molecule has 0 aliphatic carbocycles. The second-order valence-electron chi connectivity index (χ2n) is 5.03. The largest absolute Gasteiger partial charge is 0.489 e. The Morgan fingerprint density at radius 2 is 2.17 bits per heavy atom. The second kappa shape index (κ2) is 6.74. The summed E-state index contributed by atoms with van der Waals surface area (Å²) in [5.41, 5.74) is 2.15. The molecule has 6 nitrogen and oxygen atoms in total. The number of pyridine rings is 1. The van der Waals surface area contributed by atoms with Gasteiger partial charge in [-0.3, -0.25) is 14.5 Å². The van der Waals surface area contributed by atoms with E-state index in [1.807, 2.05) is 18.2 Å². The van der Waals surface area contributed by atoms with Gasteiger partial charge in [-0.05, 0) is 24.3 Å². The van der Waals surface area contributed by atoms with E-state index >= 15 is 0 Å². The maximum absolute atomic E-state index is 12.2. The van der Waals surface area contributed by atoms with E-state index in [2.05, 4.69) is 15.4 Å². The lowest BCUT2D eigenvalue weighted by molar-refractivity contribution is 0.102. The molecule has 0 unspecified atom stereocenters. The van der Waals surface area contributed by atoms with Gasteiger partial charge in [-0.2, -0.15) is 5.10 Å². The van der Waals surface area contributed by atoms with Crippen molar-refractivity contribution in [2.75, 3.05) is 5.32 Å². The number of amides is 1. The summed E-state index contributed by atoms with van der Waals surface area (Å²) < 4.78 is 7.33. The molecular weight excluding hydrogens is 292 g/mol. The zero-order chi connectivity index (χ0) is 16.1. The standard InChI is InChI=1S/C17H16N4O2/c1-21-11-15(10-19-21)20-17(22)14-5-2-6-16(8-14)23-12-13-4-3-7-18-9-13/h2-11H,12H2,1H3,(H,20,22). The van der Waals surface area contributed by atoms with Crippen molar-refractivity contribution in [1.29, 1.82) is 0 Å². The minimum absolute atomic E-state index is 0.204. The van der Waals surface area contributed by atoms with Crippen LogP contribution in [0, 0.1) is 0 Å². The van der Waals surface area contributed by atoms with Crippen molar-refractivity contribution in [3.8, 4) is 5.75 Å². The highest BCUT2D eigenvalue weighted by molar-refractivity contribution is 6.04. The van der Waals surface area contributed by atoms with Crippen LogP contribution in [0.3, 0.4) is 0 Å². The highest BCUT2D eigenvalue weighted by Gasteiger charge is 2.08. The van der Waals surface area contributed by atoms with Crippen LogP contribution in [-0.4, -0.2) is 20.7 Å². The zero-order valence-corrected chi connectivity index (χ0v) is 12.6. The Labute approximate surface area is 133 Å². The van der Waals surface area contributed by atoms with E-state index in [0.29, 0.717) is 23.6 Å². The highest BCUT2D eigenvalue weighted by atomic mass is 16.5. The summed E-state index contributed by atoms with van der Waals surface area (Å²) in [5, 5.41) is 6.81. The number of nitrogens with zero attached hydrogens (tertiary/aromatic N) is 3. The fourth-order valence-corrected chi connectivity index (χ4v) is 2.07. The maximum atomic E-state index is 12.2. The van der Waals surface area contributed by atoms with Crippen molar-refractivity contribution < 1.29 is 9.53 Å². The summed E-state index contributed by atoms with van der Waals surface area (Å²) in [6.07, 6.45) is 6.80. The van der Waals surface area contributed by atoms with Gasteiger partial charge in [0.15, 0.2) is 0 Å². The van der Waals surface area contributed by atoms with Crippen molar-refractivity contribution in [3.63, 3.8) is 0 Å². The van der Waals surface area contributed by atoms with Crippen molar-refractivity contribution in [1.82, 2.24) is 14.8 Å². The number of aryl methyl sites for hydroxylation is 1. The van der Waals surface area contributed by atoms with Crippen LogP contribution < -0.4 is 10.1 Å². The van der Waals surface area contributed by atoms with Crippen LogP contribution in [0.15, 0.2) is 61.2 Å². The molecule has 3 rings (SSSR count). The van der Waals surface area contributed by atoms with E-state index in [0.717, 1.165) is 5.56 Å². The lowest BCUT2D eigenvalue weighted by Gasteiger charge is -2.08. The molecule has 1 aromatic carbocycles. The molecule has 0 aliphatic heterocycles. The van der Waals surface area contributed by atoms with Gasteiger partial charge in [0.05, 0.1) is 11.9 Å². The third-order valence-electron chi connectivity index (χ3n) is 3.19. The lowest BCUT2D eigenvalue weighted by atomic mass is 10.2. The normalized spacial score (nSPS) is 10.3. The Balaban J connectivity index is 1.65. The predicted molar refractivity (Wildman–Crippen MR) is 86.2 cm³/mol. The number of carbonyl (C=O) groups excluding carboxylic acids is 1. The molecule has 2 heterocycles. The second-order valence-corrected chi connectivity index (χ2v) is 5.03. The van der Waals surface area contributed by atoms with Gasteiger partial charge in [0.1, 0.15) is 12.4 Å². The molecule has 0 spiro atoms. The molecule has 1 amide bonds. The average Bonchev–Trinajstić information content (AvgIpc) is 2.99. The molecule has 3 aromatic rings. The smallest absolute Gasteiger partial charge is 0.255 e. The molecule has 0 aliphatic rings. The summed E-state index contributed by atoms with van der Waals surface area (Å²) in [5.74, 6) is 0.428. The molecule has 0 saturated heterocycles. The van der Waals surface area contributed by atoms with E-state index in [-0.39, 0.29) is 5.91 Å². The summed E-state index contributed by atoms with van der Waals surface area (Å²) >= 11 is 0. The number of rotatable bonds is 5. The van der Waals surface area contributed by atoms with Crippen molar-refractivity contribution in [3.05, 3.63) is 72.3 Å². The van der Waals surface area contributed by atoms with Crippen molar-refractivity contribution in [2.24, 2.45) is 7.05 Å². The van der Waals surface area contributed by atoms with Gasteiger partial charge in [0.2, 0.25) is 0 Å². The van der Waals surface area contributed by atoms with Gasteiger partial charge in [-0.15, -0.1) is 0 Å². The first kappa shape index (κ1) is 14.8. The molecule has 0 radical (unpaired) electrons. The minimum atomic E-state index is -0.204. The van der Waals surface area contributed by atoms with Crippen LogP contribution in [0.2, 0.25) is 0 Å². The number of nitrogens with one attached hydrogen (secondary N) is 1. The molecule has 23 heavy (non-hydrogen) atoms. The van der Waals surface area contributed by atoms with Crippen LogP contribution >= 0.6 is 0 Å². The van der Waals surface area contributed by atoms with Crippen molar-refractivity contribution in [2.45, 2.75) is 6.61 Å². The van der Waals surface area contributed by atoms with Gasteiger partial charge in [-0.1, -0.05) is 12.1 Å². The van der Waals surface area contributed by atoms with Gasteiger partial charge in [-0.25, -0.2) is 0 Å². The monoisotopic (exact) mass is 308 g/mol. The summed E-state index contributed by atoms with van der Waals surface area (Å²) in [6, 6.07) is 10.8. The van der Waals surface area contributed by atoms with Crippen LogP contribution in [0.25, 0.3) is 0 Å². The van der Waals surface area contributed by atoms with Crippen LogP contribution in [0.1, 0.15) is 15.9 Å². The Bertz CT molecular complexity index is 799. The van der Waals surface area contributed by atoms with E-state index in [4.69, 9.17) is 4.74 Å². The molecule has 0 atom stereocenters. The van der Waals surface area contributed by atoms with Crippen molar-refractivity contribution >= 4 is 11.6 Å². The Morgan fingerprint density at radius 3 is 2.91 bits per heavy atom. The quantitative estimate of drug-likeness (QED) is 0.786. The van der Waals surface area contributed by atoms with Gasteiger partial charge in [0.25, 0.3) is 5.91 Å². The van der Waals surface area contributed by atoms with Crippen LogP contribution in [0.5, 0.6) is 5.75 Å². The average molecular weight is 308 g/mol. The summed E-state index contributed by atoms with van der Waals surface area (Å²) in [6.45, 7) is 0.404. The number of carbonyl (C=O) groups is 1. The number of aromatic nitrogens is 3. The zero-order valence-electron chi connectivity index (χ0n) is 12.6. The molecule has 1 N–H and O–H groups in total. The number of benzene rings is 1. The van der Waals surface area contributed by atoms with E-state index < -0.39 is 0 Å². The molecule has 2 aromatic heterocycles. The fraction of sp³-hybridized carbons (Fsp3) is 0.118. The van der Waals surface area contributed by atoms with Crippen LogP contribution in [0.4, 0.5) is 5.69 Å². The fourth-order valence-electron chi connectivity index (χ4n) is 2.07. The third kappa shape index (κ3) is 3.94. The maximum Gasteiger partial charge on any atom is 0.255 e. The minimum Gasteiger partial charge on any atom is -0.489 e. The first-order valence-electron chi connectivity index (χ1n) is 7.12. The molecule has 0 bridgehead atoms. The van der Waals surface area contributed by atoms with Gasteiger partial charge in [0, 0.05) is 36.8 Å². The topological polar surface area (TPSA) is 69.0 Å². The molecule has 6 heteroatoms.